The molecule has 0 aliphatic heterocycles. The van der Waals surface area contributed by atoms with Gasteiger partial charge in [-0.1, -0.05) is 32.0 Å². The molecule has 0 radical (unpaired) electrons. The third-order valence-corrected chi connectivity index (χ3v) is 5.62. The molecule has 0 atom stereocenters. The number of para-hydroxylation sites is 1. The number of furan rings is 1. The van der Waals surface area contributed by atoms with Gasteiger partial charge in [0.15, 0.2) is 5.76 Å². The number of carbonyl (C=O) groups is 1. The van der Waals surface area contributed by atoms with Gasteiger partial charge in [-0.3, -0.25) is 4.79 Å². The molecule has 0 saturated heterocycles. The molecule has 1 N–H and O–H groups in total. The minimum Gasteiger partial charge on any atom is -0.454 e. The van der Waals surface area contributed by atoms with Crippen LogP contribution in [0, 0.1) is 5.82 Å². The van der Waals surface area contributed by atoms with Crippen LogP contribution in [0.25, 0.3) is 33.3 Å². The number of halogens is 1. The molecule has 0 saturated carbocycles. The summed E-state index contributed by atoms with van der Waals surface area (Å²) in [5.41, 5.74) is 2.79. The molecule has 0 fully saturated rings. The van der Waals surface area contributed by atoms with Gasteiger partial charge in [0.1, 0.15) is 17.0 Å². The van der Waals surface area contributed by atoms with Crippen LogP contribution in [0.15, 0.2) is 86.4 Å². The summed E-state index contributed by atoms with van der Waals surface area (Å²) in [6, 6.07) is 19.6. The Morgan fingerprint density at radius 3 is 2.36 bits per heavy atom. The summed E-state index contributed by atoms with van der Waals surface area (Å²) in [5, 5.41) is 4.29. The van der Waals surface area contributed by atoms with Crippen LogP contribution in [0.1, 0.15) is 35.7 Å². The number of rotatable bonds is 4. The van der Waals surface area contributed by atoms with E-state index in [4.69, 9.17) is 8.83 Å². The van der Waals surface area contributed by atoms with Gasteiger partial charge in [-0.25, -0.2) is 9.18 Å². The molecule has 0 aliphatic carbocycles. The molecular weight excluding hydrogens is 421 g/mol. The Morgan fingerprint density at radius 2 is 1.61 bits per heavy atom. The molecule has 0 spiro atoms. The summed E-state index contributed by atoms with van der Waals surface area (Å²) in [7, 11) is 0. The van der Waals surface area contributed by atoms with E-state index in [9.17, 15) is 14.0 Å². The zero-order valence-corrected chi connectivity index (χ0v) is 18.0. The van der Waals surface area contributed by atoms with Gasteiger partial charge < -0.3 is 14.2 Å². The Morgan fingerprint density at radius 1 is 0.879 bits per heavy atom. The van der Waals surface area contributed by atoms with Crippen molar-refractivity contribution in [2.75, 3.05) is 5.32 Å². The molecule has 1 amide bonds. The Balaban J connectivity index is 1.73. The van der Waals surface area contributed by atoms with Crippen LogP contribution in [0.4, 0.5) is 10.1 Å². The maximum atomic E-state index is 13.3. The number of benzene rings is 3. The minimum absolute atomic E-state index is 0.266. The van der Waals surface area contributed by atoms with E-state index in [1.165, 1.54) is 30.3 Å². The summed E-state index contributed by atoms with van der Waals surface area (Å²) in [5.74, 6) is -0.227. The van der Waals surface area contributed by atoms with Crippen LogP contribution in [0.3, 0.4) is 0 Å². The van der Waals surface area contributed by atoms with Crippen molar-refractivity contribution in [3.05, 3.63) is 100 Å². The van der Waals surface area contributed by atoms with Gasteiger partial charge in [0.05, 0.1) is 5.69 Å². The number of nitrogens with one attached hydrogen (secondary N) is 1. The summed E-state index contributed by atoms with van der Waals surface area (Å²) >= 11 is 0. The Bertz CT molecular complexity index is 1560. The monoisotopic (exact) mass is 441 g/mol. The molecule has 2 aromatic heterocycles. The predicted molar refractivity (Wildman–Crippen MR) is 126 cm³/mol. The fraction of sp³-hybridized carbons (Fsp3) is 0.111. The van der Waals surface area contributed by atoms with E-state index in [0.29, 0.717) is 44.5 Å². The topological polar surface area (TPSA) is 72.5 Å². The van der Waals surface area contributed by atoms with Crippen molar-refractivity contribution in [3.8, 4) is 11.3 Å². The van der Waals surface area contributed by atoms with Gasteiger partial charge in [0, 0.05) is 28.0 Å². The van der Waals surface area contributed by atoms with E-state index in [1.54, 1.807) is 12.1 Å². The second kappa shape index (κ2) is 8.06. The van der Waals surface area contributed by atoms with Crippen LogP contribution in [-0.4, -0.2) is 5.91 Å². The molecule has 5 rings (SSSR count). The van der Waals surface area contributed by atoms with E-state index in [1.807, 2.05) is 30.3 Å². The van der Waals surface area contributed by atoms with E-state index >= 15 is 0 Å². The highest BCUT2D eigenvalue weighted by atomic mass is 19.1. The van der Waals surface area contributed by atoms with Crippen LogP contribution < -0.4 is 10.9 Å². The van der Waals surface area contributed by atoms with Crippen molar-refractivity contribution in [1.29, 1.82) is 0 Å². The lowest BCUT2D eigenvalue weighted by molar-refractivity contribution is 0.102. The largest absolute Gasteiger partial charge is 0.454 e. The molecule has 0 unspecified atom stereocenters. The lowest BCUT2D eigenvalue weighted by Crippen LogP contribution is -2.12. The molecule has 5 nitrogen and oxygen atoms in total. The average Bonchev–Trinajstić information content (AvgIpc) is 3.16. The highest BCUT2D eigenvalue weighted by Crippen LogP contribution is 2.41. The quantitative estimate of drug-likeness (QED) is 0.314. The molecule has 5 aromatic rings. The second-order valence-corrected chi connectivity index (χ2v) is 8.15. The van der Waals surface area contributed by atoms with Crippen molar-refractivity contribution in [3.63, 3.8) is 0 Å². The predicted octanol–water partition coefficient (Wildman–Crippen LogP) is 6.72. The lowest BCUT2D eigenvalue weighted by Gasteiger charge is -2.10. The SMILES string of the molecule is CC(C)c1ccc2oc(=O)cc(-c3oc4ccccc4c3NC(=O)c3ccc(F)cc3)c2c1. The number of anilines is 1. The highest BCUT2D eigenvalue weighted by molar-refractivity contribution is 6.13. The van der Waals surface area contributed by atoms with E-state index in [-0.39, 0.29) is 5.92 Å². The van der Waals surface area contributed by atoms with Crippen molar-refractivity contribution in [1.82, 2.24) is 0 Å². The van der Waals surface area contributed by atoms with E-state index < -0.39 is 17.3 Å². The highest BCUT2D eigenvalue weighted by Gasteiger charge is 2.22. The summed E-state index contributed by atoms with van der Waals surface area (Å²) < 4.78 is 24.9. The van der Waals surface area contributed by atoms with Gasteiger partial charge >= 0.3 is 5.63 Å². The number of fused-ring (bicyclic) bond motifs is 2. The lowest BCUT2D eigenvalue weighted by atomic mass is 9.98. The second-order valence-electron chi connectivity index (χ2n) is 8.15. The van der Waals surface area contributed by atoms with Crippen LogP contribution in [-0.2, 0) is 0 Å². The molecule has 3 aromatic carbocycles. The first-order chi connectivity index (χ1) is 15.9. The van der Waals surface area contributed by atoms with E-state index in [2.05, 4.69) is 19.2 Å². The Hall–Kier alpha value is -4.19. The first-order valence-electron chi connectivity index (χ1n) is 10.6. The van der Waals surface area contributed by atoms with Gasteiger partial charge in [-0.2, -0.15) is 0 Å². The third-order valence-electron chi connectivity index (χ3n) is 5.62. The van der Waals surface area contributed by atoms with Crippen molar-refractivity contribution in [2.24, 2.45) is 0 Å². The van der Waals surface area contributed by atoms with Gasteiger partial charge in [0.25, 0.3) is 5.91 Å². The first-order valence-corrected chi connectivity index (χ1v) is 10.6. The smallest absolute Gasteiger partial charge is 0.336 e. The standard InChI is InChI=1S/C27H20FNO4/c1-15(2)17-9-12-23-20(13-17)21(14-24(30)32-23)26-25(19-5-3-4-6-22(19)33-26)29-27(31)16-7-10-18(28)11-8-16/h3-15H,1-2H3,(H,29,31). The summed E-state index contributed by atoms with van der Waals surface area (Å²) in [6.07, 6.45) is 0. The Kier molecular flexibility index (Phi) is 5.05. The molecule has 2 heterocycles. The normalized spacial score (nSPS) is 11.4. The number of hydrogen-bond acceptors (Lipinski definition) is 4. The van der Waals surface area contributed by atoms with Crippen molar-refractivity contribution >= 4 is 33.5 Å². The third kappa shape index (κ3) is 3.80. The number of carbonyl (C=O) groups excluding carboxylic acids is 1. The minimum atomic E-state index is -0.522. The molecule has 0 aliphatic rings. The van der Waals surface area contributed by atoms with E-state index in [0.717, 1.165) is 5.56 Å². The fourth-order valence-electron chi connectivity index (χ4n) is 3.87. The maximum absolute atomic E-state index is 13.3. The van der Waals surface area contributed by atoms with Gasteiger partial charge in [-0.05, 0) is 60.0 Å². The van der Waals surface area contributed by atoms with Crippen molar-refractivity contribution < 1.29 is 18.0 Å². The molecule has 0 bridgehead atoms. The number of hydrogen-bond donors (Lipinski definition) is 1. The Labute approximate surface area is 188 Å². The molecule has 164 valence electrons. The summed E-state index contributed by atoms with van der Waals surface area (Å²) in [6.45, 7) is 4.16. The van der Waals surface area contributed by atoms with Crippen LogP contribution in [0.2, 0.25) is 0 Å². The zero-order chi connectivity index (χ0) is 23.1. The maximum Gasteiger partial charge on any atom is 0.336 e. The fourth-order valence-corrected chi connectivity index (χ4v) is 3.87. The van der Waals surface area contributed by atoms with Crippen LogP contribution in [0.5, 0.6) is 0 Å². The summed E-state index contributed by atoms with van der Waals surface area (Å²) in [4.78, 5) is 25.3. The van der Waals surface area contributed by atoms with Crippen LogP contribution >= 0.6 is 0 Å². The average molecular weight is 441 g/mol. The van der Waals surface area contributed by atoms with Gasteiger partial charge in [-0.15, -0.1) is 0 Å². The van der Waals surface area contributed by atoms with Gasteiger partial charge in [0.2, 0.25) is 0 Å². The molecule has 6 heteroatoms. The number of amides is 1. The van der Waals surface area contributed by atoms with Crippen molar-refractivity contribution in [2.45, 2.75) is 19.8 Å². The first kappa shape index (κ1) is 20.7. The zero-order valence-electron chi connectivity index (χ0n) is 18.0. The molecule has 33 heavy (non-hydrogen) atoms. The molecular formula is C27H20FNO4.